The smallest absolute Gasteiger partial charge is 0.348 e. The lowest BCUT2D eigenvalue weighted by atomic mass is 10.2. The van der Waals surface area contributed by atoms with Crippen LogP contribution in [0.15, 0.2) is 11.4 Å². The Morgan fingerprint density at radius 1 is 1.71 bits per heavy atom. The molecule has 1 rings (SSSR count). The zero-order chi connectivity index (χ0) is 10.6. The second-order valence-corrected chi connectivity index (χ2v) is 3.49. The van der Waals surface area contributed by atoms with E-state index in [1.54, 1.807) is 11.4 Å². The fourth-order valence-corrected chi connectivity index (χ4v) is 1.89. The average molecular weight is 215 g/mol. The Hall–Kier alpha value is -1.43. The summed E-state index contributed by atoms with van der Waals surface area (Å²) in [6, 6.07) is 1.71. The minimum Gasteiger partial charge on any atom is -0.465 e. The molecule has 6 heteroatoms. The van der Waals surface area contributed by atoms with Crippen molar-refractivity contribution in [1.29, 1.82) is 0 Å². The van der Waals surface area contributed by atoms with Crippen LogP contribution in [0.4, 0.5) is 0 Å². The van der Waals surface area contributed by atoms with Crippen molar-refractivity contribution in [2.24, 2.45) is 0 Å². The molecule has 0 radical (unpaired) electrons. The summed E-state index contributed by atoms with van der Waals surface area (Å²) in [7, 11) is 1.29. The topological polar surface area (TPSA) is 69.4 Å². The van der Waals surface area contributed by atoms with E-state index < -0.39 is 10.9 Å². The second-order valence-electron chi connectivity index (χ2n) is 2.57. The highest BCUT2D eigenvalue weighted by atomic mass is 32.1. The number of rotatable bonds is 4. The average Bonchev–Trinajstić information content (AvgIpc) is 2.61. The third-order valence-electron chi connectivity index (χ3n) is 1.68. The molecule has 1 aromatic heterocycles. The number of ether oxygens (including phenoxy) is 1. The van der Waals surface area contributed by atoms with Crippen LogP contribution in [0.25, 0.3) is 0 Å². The van der Waals surface area contributed by atoms with Crippen molar-refractivity contribution in [2.75, 3.05) is 13.7 Å². The molecule has 0 atom stereocenters. The third-order valence-corrected chi connectivity index (χ3v) is 2.62. The molecule has 0 aliphatic carbocycles. The first-order valence-corrected chi connectivity index (χ1v) is 4.79. The predicted octanol–water partition coefficient (Wildman–Crippen LogP) is 1.35. The lowest BCUT2D eigenvalue weighted by Gasteiger charge is -1.98. The molecule has 0 amide bonds. The first kappa shape index (κ1) is 10.6. The Morgan fingerprint density at radius 2 is 2.43 bits per heavy atom. The van der Waals surface area contributed by atoms with Gasteiger partial charge >= 0.3 is 5.97 Å². The van der Waals surface area contributed by atoms with E-state index in [1.807, 2.05) is 0 Å². The molecule has 0 saturated carbocycles. The van der Waals surface area contributed by atoms with Gasteiger partial charge in [-0.15, -0.1) is 11.3 Å². The van der Waals surface area contributed by atoms with E-state index in [9.17, 15) is 14.9 Å². The van der Waals surface area contributed by atoms with Crippen LogP contribution in [0.1, 0.15) is 15.2 Å². The Kier molecular flexibility index (Phi) is 3.58. The standard InChI is InChI=1S/C8H9NO4S/c1-13-8(10)7-6(3-5-14-7)2-4-9(11)12/h3,5H,2,4H2,1H3. The van der Waals surface area contributed by atoms with Gasteiger partial charge in [0.25, 0.3) is 0 Å². The van der Waals surface area contributed by atoms with Crippen molar-refractivity contribution >= 4 is 17.3 Å². The van der Waals surface area contributed by atoms with Gasteiger partial charge in [0.2, 0.25) is 6.54 Å². The maximum atomic E-state index is 11.2. The van der Waals surface area contributed by atoms with Gasteiger partial charge in [-0.25, -0.2) is 4.79 Å². The van der Waals surface area contributed by atoms with Crippen molar-refractivity contribution in [2.45, 2.75) is 6.42 Å². The van der Waals surface area contributed by atoms with E-state index in [4.69, 9.17) is 0 Å². The number of nitrogens with zero attached hydrogens (tertiary/aromatic N) is 1. The SMILES string of the molecule is COC(=O)c1sccc1CC[N+](=O)[O-]. The van der Waals surface area contributed by atoms with Crippen molar-refractivity contribution in [3.05, 3.63) is 32.0 Å². The number of hydrogen-bond donors (Lipinski definition) is 0. The molecule has 0 aliphatic heterocycles. The quantitative estimate of drug-likeness (QED) is 0.432. The zero-order valence-corrected chi connectivity index (χ0v) is 8.37. The van der Waals surface area contributed by atoms with Gasteiger partial charge in [0, 0.05) is 11.3 Å². The van der Waals surface area contributed by atoms with Crippen LogP contribution in [0.5, 0.6) is 0 Å². The van der Waals surface area contributed by atoms with Crippen LogP contribution in [-0.4, -0.2) is 24.5 Å². The summed E-state index contributed by atoms with van der Waals surface area (Å²) in [6.45, 7) is -0.166. The molecule has 0 aliphatic rings. The number of esters is 1. The molecule has 0 spiro atoms. The minimum atomic E-state index is -0.432. The highest BCUT2D eigenvalue weighted by Gasteiger charge is 2.14. The molecule has 1 heterocycles. The minimum absolute atomic E-state index is 0.166. The van der Waals surface area contributed by atoms with Gasteiger partial charge in [-0.2, -0.15) is 0 Å². The summed E-state index contributed by atoms with van der Waals surface area (Å²) in [5, 5.41) is 11.9. The molecule has 0 unspecified atom stereocenters. The Balaban J connectivity index is 2.72. The summed E-state index contributed by atoms with van der Waals surface area (Å²) in [4.78, 5) is 21.3. The van der Waals surface area contributed by atoms with Gasteiger partial charge in [0.05, 0.1) is 7.11 Å². The van der Waals surface area contributed by atoms with Crippen molar-refractivity contribution in [1.82, 2.24) is 0 Å². The number of methoxy groups -OCH3 is 1. The fourth-order valence-electron chi connectivity index (χ4n) is 1.02. The summed E-state index contributed by atoms with van der Waals surface area (Å²) < 4.78 is 4.54. The lowest BCUT2D eigenvalue weighted by molar-refractivity contribution is -0.479. The summed E-state index contributed by atoms with van der Waals surface area (Å²) in [5.74, 6) is -0.432. The highest BCUT2D eigenvalue weighted by Crippen LogP contribution is 2.18. The number of carbonyl (C=O) groups is 1. The molecule has 5 nitrogen and oxygen atoms in total. The van der Waals surface area contributed by atoms with Crippen molar-refractivity contribution in [3.63, 3.8) is 0 Å². The Morgan fingerprint density at radius 3 is 3.00 bits per heavy atom. The van der Waals surface area contributed by atoms with Gasteiger partial charge < -0.3 is 4.74 Å². The molecule has 0 N–H and O–H groups in total. The first-order valence-electron chi connectivity index (χ1n) is 3.91. The van der Waals surface area contributed by atoms with Gasteiger partial charge in [0.1, 0.15) is 4.88 Å². The van der Waals surface area contributed by atoms with E-state index in [0.717, 1.165) is 0 Å². The molecule has 0 bridgehead atoms. The van der Waals surface area contributed by atoms with E-state index >= 15 is 0 Å². The normalized spacial score (nSPS) is 9.79. The number of carbonyl (C=O) groups excluding carboxylic acids is 1. The van der Waals surface area contributed by atoms with Crippen LogP contribution in [0.3, 0.4) is 0 Å². The second kappa shape index (κ2) is 4.71. The highest BCUT2D eigenvalue weighted by molar-refractivity contribution is 7.12. The van der Waals surface area contributed by atoms with Crippen LogP contribution in [-0.2, 0) is 11.2 Å². The van der Waals surface area contributed by atoms with Crippen molar-refractivity contribution < 1.29 is 14.5 Å². The summed E-state index contributed by atoms with van der Waals surface area (Å²) in [6.07, 6.45) is 0.265. The van der Waals surface area contributed by atoms with E-state index in [2.05, 4.69) is 4.74 Å². The van der Waals surface area contributed by atoms with E-state index in [1.165, 1.54) is 18.4 Å². The molecule has 0 saturated heterocycles. The van der Waals surface area contributed by atoms with Crippen LogP contribution >= 0.6 is 11.3 Å². The predicted molar refractivity (Wildman–Crippen MR) is 51.2 cm³/mol. The number of hydrogen-bond acceptors (Lipinski definition) is 5. The number of thiophene rings is 1. The van der Waals surface area contributed by atoms with Crippen LogP contribution in [0.2, 0.25) is 0 Å². The third kappa shape index (κ3) is 2.53. The largest absolute Gasteiger partial charge is 0.465 e. The van der Waals surface area contributed by atoms with Gasteiger partial charge in [-0.05, 0) is 17.0 Å². The van der Waals surface area contributed by atoms with Gasteiger partial charge in [-0.3, -0.25) is 10.1 Å². The zero-order valence-electron chi connectivity index (χ0n) is 7.56. The van der Waals surface area contributed by atoms with E-state index in [0.29, 0.717) is 10.4 Å². The molecule has 76 valence electrons. The first-order chi connectivity index (χ1) is 6.65. The maximum absolute atomic E-state index is 11.2. The van der Waals surface area contributed by atoms with Gasteiger partial charge in [0.15, 0.2) is 0 Å². The molecule has 0 fully saturated rings. The number of nitro groups is 1. The lowest BCUT2D eigenvalue weighted by Crippen LogP contribution is -2.07. The van der Waals surface area contributed by atoms with E-state index in [-0.39, 0.29) is 13.0 Å². The molecule has 0 aromatic carbocycles. The Labute approximate surface area is 84.5 Å². The maximum Gasteiger partial charge on any atom is 0.348 e. The Bertz CT molecular complexity index is 347. The summed E-state index contributed by atoms with van der Waals surface area (Å²) in [5.41, 5.74) is 0.679. The van der Waals surface area contributed by atoms with Crippen molar-refractivity contribution in [3.8, 4) is 0 Å². The van der Waals surface area contributed by atoms with Crippen LogP contribution in [0, 0.1) is 10.1 Å². The molecular formula is C8H9NO4S. The fraction of sp³-hybridized carbons (Fsp3) is 0.375. The summed E-state index contributed by atoms with van der Waals surface area (Å²) >= 11 is 1.24. The van der Waals surface area contributed by atoms with Crippen LogP contribution < -0.4 is 0 Å². The molecule has 1 aromatic rings. The monoisotopic (exact) mass is 215 g/mol. The van der Waals surface area contributed by atoms with Gasteiger partial charge in [-0.1, -0.05) is 0 Å². The molecular weight excluding hydrogens is 206 g/mol. The molecule has 14 heavy (non-hydrogen) atoms.